The molecule has 0 spiro atoms. The first-order valence-corrected chi connectivity index (χ1v) is 9.34. The van der Waals surface area contributed by atoms with Gasteiger partial charge >= 0.3 is 11.9 Å². The molecule has 0 aliphatic heterocycles. The Morgan fingerprint density at radius 3 is 1.83 bits per heavy atom. The molecule has 0 heterocycles. The molecule has 0 atom stereocenters. The molecule has 0 radical (unpaired) electrons. The zero-order chi connectivity index (χ0) is 21.5. The highest BCUT2D eigenvalue weighted by molar-refractivity contribution is 5.91. The second-order valence-corrected chi connectivity index (χ2v) is 6.47. The Bertz CT molecular complexity index is 1040. The van der Waals surface area contributed by atoms with Crippen molar-refractivity contribution in [3.05, 3.63) is 88.5 Å². The van der Waals surface area contributed by atoms with Gasteiger partial charge in [-0.1, -0.05) is 19.1 Å². The van der Waals surface area contributed by atoms with Crippen LogP contribution in [-0.2, 0) is 4.79 Å². The van der Waals surface area contributed by atoms with Crippen molar-refractivity contribution in [1.82, 2.24) is 0 Å². The molecular formula is C23H19NO6. The summed E-state index contributed by atoms with van der Waals surface area (Å²) >= 11 is 0. The molecule has 0 aliphatic rings. The number of carbonyl (C=O) groups is 2. The van der Waals surface area contributed by atoms with E-state index in [9.17, 15) is 19.7 Å². The Morgan fingerprint density at radius 2 is 1.30 bits per heavy atom. The zero-order valence-corrected chi connectivity index (χ0v) is 16.2. The monoisotopic (exact) mass is 405 g/mol. The molecule has 152 valence electrons. The van der Waals surface area contributed by atoms with Crippen molar-refractivity contribution < 1.29 is 24.0 Å². The van der Waals surface area contributed by atoms with Crippen LogP contribution in [0.15, 0.2) is 72.8 Å². The third-order valence-corrected chi connectivity index (χ3v) is 4.25. The first-order valence-electron chi connectivity index (χ1n) is 9.34. The molecule has 30 heavy (non-hydrogen) atoms. The Kier molecular flexibility index (Phi) is 6.54. The first kappa shape index (κ1) is 20.7. The summed E-state index contributed by atoms with van der Waals surface area (Å²) < 4.78 is 10.5. The Labute approximate surface area is 173 Å². The summed E-state index contributed by atoms with van der Waals surface area (Å²) in [5, 5.41) is 10.7. The van der Waals surface area contributed by atoms with E-state index in [0.717, 1.165) is 11.1 Å². The van der Waals surface area contributed by atoms with Gasteiger partial charge in [-0.15, -0.1) is 0 Å². The van der Waals surface area contributed by atoms with E-state index >= 15 is 0 Å². The second kappa shape index (κ2) is 9.47. The van der Waals surface area contributed by atoms with Crippen molar-refractivity contribution in [2.45, 2.75) is 19.8 Å². The minimum atomic E-state index is -0.537. The summed E-state index contributed by atoms with van der Waals surface area (Å²) in [6.45, 7) is 1.89. The van der Waals surface area contributed by atoms with Gasteiger partial charge in [0.1, 0.15) is 11.5 Å². The standard InChI is InChI=1S/C23H19NO6/c1-2-3-22(25)29-20-14-8-18(9-15-20)23(26)30-21-12-6-17(7-13-21)16-4-10-19(11-5-16)24(27)28/h4-15H,2-3H2,1H3. The van der Waals surface area contributed by atoms with Gasteiger partial charge in [0.05, 0.1) is 10.5 Å². The molecule has 0 N–H and O–H groups in total. The molecule has 0 bridgehead atoms. The van der Waals surface area contributed by atoms with E-state index in [4.69, 9.17) is 9.47 Å². The molecule has 0 saturated carbocycles. The second-order valence-electron chi connectivity index (χ2n) is 6.47. The third-order valence-electron chi connectivity index (χ3n) is 4.25. The molecule has 3 aromatic rings. The van der Waals surface area contributed by atoms with Crippen LogP contribution in [0.1, 0.15) is 30.1 Å². The lowest BCUT2D eigenvalue weighted by atomic mass is 10.1. The van der Waals surface area contributed by atoms with Crippen molar-refractivity contribution in [3.8, 4) is 22.6 Å². The lowest BCUT2D eigenvalue weighted by molar-refractivity contribution is -0.384. The lowest BCUT2D eigenvalue weighted by Gasteiger charge is -2.07. The molecule has 0 saturated heterocycles. The largest absolute Gasteiger partial charge is 0.427 e. The average Bonchev–Trinajstić information content (AvgIpc) is 2.75. The van der Waals surface area contributed by atoms with Crippen LogP contribution in [0.25, 0.3) is 11.1 Å². The molecule has 7 heteroatoms. The van der Waals surface area contributed by atoms with Gasteiger partial charge in [-0.3, -0.25) is 14.9 Å². The summed E-state index contributed by atoms with van der Waals surface area (Å²) in [6.07, 6.45) is 1.03. The molecule has 0 aliphatic carbocycles. The van der Waals surface area contributed by atoms with E-state index < -0.39 is 10.9 Å². The molecule has 0 amide bonds. The van der Waals surface area contributed by atoms with Gasteiger partial charge in [0.25, 0.3) is 5.69 Å². The Balaban J connectivity index is 1.62. The van der Waals surface area contributed by atoms with Crippen LogP contribution in [0.2, 0.25) is 0 Å². The van der Waals surface area contributed by atoms with Crippen LogP contribution in [-0.4, -0.2) is 16.9 Å². The molecule has 0 fully saturated rings. The van der Waals surface area contributed by atoms with Crippen LogP contribution < -0.4 is 9.47 Å². The van der Waals surface area contributed by atoms with Crippen LogP contribution in [0.5, 0.6) is 11.5 Å². The summed E-state index contributed by atoms with van der Waals surface area (Å²) in [6, 6.07) is 19.2. The fourth-order valence-electron chi connectivity index (χ4n) is 2.70. The zero-order valence-electron chi connectivity index (χ0n) is 16.2. The van der Waals surface area contributed by atoms with Gasteiger partial charge in [0, 0.05) is 18.6 Å². The number of benzene rings is 3. The third kappa shape index (κ3) is 5.29. The number of ether oxygens (including phenoxy) is 2. The van der Waals surface area contributed by atoms with Crippen molar-refractivity contribution in [2.24, 2.45) is 0 Å². The smallest absolute Gasteiger partial charge is 0.343 e. The van der Waals surface area contributed by atoms with Gasteiger partial charge in [-0.25, -0.2) is 4.79 Å². The summed E-state index contributed by atoms with van der Waals surface area (Å²) in [5.41, 5.74) is 2.00. The fourth-order valence-corrected chi connectivity index (χ4v) is 2.70. The highest BCUT2D eigenvalue weighted by Crippen LogP contribution is 2.25. The lowest BCUT2D eigenvalue weighted by Crippen LogP contribution is -2.09. The number of non-ortho nitro benzene ring substituents is 1. The van der Waals surface area contributed by atoms with Crippen molar-refractivity contribution in [1.29, 1.82) is 0 Å². The molecule has 7 nitrogen and oxygen atoms in total. The van der Waals surface area contributed by atoms with Gasteiger partial charge in [-0.2, -0.15) is 0 Å². The number of hydrogen-bond donors (Lipinski definition) is 0. The van der Waals surface area contributed by atoms with Crippen LogP contribution in [0.4, 0.5) is 5.69 Å². The van der Waals surface area contributed by atoms with Gasteiger partial charge in [-0.05, 0) is 66.1 Å². The van der Waals surface area contributed by atoms with Crippen molar-refractivity contribution in [2.75, 3.05) is 0 Å². The first-order chi connectivity index (χ1) is 14.5. The van der Waals surface area contributed by atoms with E-state index in [2.05, 4.69) is 0 Å². The minimum absolute atomic E-state index is 0.0236. The molecule has 3 rings (SSSR count). The number of esters is 2. The Morgan fingerprint density at radius 1 is 0.800 bits per heavy atom. The maximum Gasteiger partial charge on any atom is 0.343 e. The summed E-state index contributed by atoms with van der Waals surface area (Å²) in [5.74, 6) is -0.118. The molecule has 0 aromatic heterocycles. The highest BCUT2D eigenvalue weighted by atomic mass is 16.6. The quantitative estimate of drug-likeness (QED) is 0.232. The number of carbonyl (C=O) groups excluding carboxylic acids is 2. The number of rotatable bonds is 7. The van der Waals surface area contributed by atoms with E-state index in [1.807, 2.05) is 6.92 Å². The van der Waals surface area contributed by atoms with E-state index in [0.29, 0.717) is 29.9 Å². The normalized spacial score (nSPS) is 10.3. The predicted octanol–water partition coefficient (Wildman–Crippen LogP) is 5.19. The average molecular weight is 405 g/mol. The number of nitrogens with zero attached hydrogens (tertiary/aromatic N) is 1. The topological polar surface area (TPSA) is 95.7 Å². The summed E-state index contributed by atoms with van der Waals surface area (Å²) in [4.78, 5) is 34.1. The predicted molar refractivity (Wildman–Crippen MR) is 110 cm³/mol. The molecule has 0 unspecified atom stereocenters. The SMILES string of the molecule is CCCC(=O)Oc1ccc(C(=O)Oc2ccc(-c3ccc([N+](=O)[O-])cc3)cc2)cc1. The number of nitro groups is 1. The van der Waals surface area contributed by atoms with Gasteiger partial charge in [0.15, 0.2) is 0 Å². The van der Waals surface area contributed by atoms with Crippen molar-refractivity contribution in [3.63, 3.8) is 0 Å². The van der Waals surface area contributed by atoms with E-state index in [1.165, 1.54) is 24.3 Å². The Hall–Kier alpha value is -4.00. The van der Waals surface area contributed by atoms with Crippen LogP contribution >= 0.6 is 0 Å². The molecular weight excluding hydrogens is 386 g/mol. The van der Waals surface area contributed by atoms with E-state index in [1.54, 1.807) is 48.5 Å². The van der Waals surface area contributed by atoms with E-state index in [-0.39, 0.29) is 11.7 Å². The maximum absolute atomic E-state index is 12.3. The number of nitro benzene ring substituents is 1. The minimum Gasteiger partial charge on any atom is -0.427 e. The highest BCUT2D eigenvalue weighted by Gasteiger charge is 2.11. The van der Waals surface area contributed by atoms with Crippen molar-refractivity contribution >= 4 is 17.6 Å². The molecule has 3 aromatic carbocycles. The maximum atomic E-state index is 12.3. The van der Waals surface area contributed by atoms with Crippen LogP contribution in [0, 0.1) is 10.1 Å². The van der Waals surface area contributed by atoms with Crippen LogP contribution in [0.3, 0.4) is 0 Å². The van der Waals surface area contributed by atoms with Gasteiger partial charge < -0.3 is 9.47 Å². The summed E-state index contributed by atoms with van der Waals surface area (Å²) in [7, 11) is 0. The van der Waals surface area contributed by atoms with Gasteiger partial charge in [0.2, 0.25) is 0 Å². The fraction of sp³-hybridized carbons (Fsp3) is 0.130. The number of hydrogen-bond acceptors (Lipinski definition) is 6.